The highest BCUT2D eigenvalue weighted by molar-refractivity contribution is 7.08. The van der Waals surface area contributed by atoms with E-state index in [1.165, 1.54) is 6.33 Å². The van der Waals surface area contributed by atoms with Crippen LogP contribution in [0.2, 0.25) is 0 Å². The molecule has 2 saturated heterocycles. The average molecular weight is 473 g/mol. The maximum Gasteiger partial charge on any atom is 0.230 e. The Labute approximate surface area is 198 Å². The van der Waals surface area contributed by atoms with Crippen LogP contribution < -0.4 is 0 Å². The maximum absolute atomic E-state index is 13.2. The number of aromatic nitrogens is 2. The molecule has 0 aromatic carbocycles. The van der Waals surface area contributed by atoms with Gasteiger partial charge in [-0.2, -0.15) is 11.3 Å². The number of carbonyl (C=O) groups is 2. The van der Waals surface area contributed by atoms with Crippen LogP contribution in [-0.2, 0) is 25.5 Å². The highest BCUT2D eigenvalue weighted by atomic mass is 32.1. The molecule has 2 aliphatic rings. The molecule has 9 heteroatoms. The largest absolute Gasteiger partial charge is 0.380 e. The first-order valence-corrected chi connectivity index (χ1v) is 12.0. The van der Waals surface area contributed by atoms with Crippen molar-refractivity contribution in [3.05, 3.63) is 46.7 Å². The molecule has 0 atom stereocenters. The molecule has 2 amide bonds. The number of rotatable bonds is 6. The summed E-state index contributed by atoms with van der Waals surface area (Å²) in [6.07, 6.45) is 2.98. The van der Waals surface area contributed by atoms with E-state index in [2.05, 4.69) is 9.97 Å². The normalized spacial score (nSPS) is 19.6. The number of ether oxygens (including phenoxy) is 1. The van der Waals surface area contributed by atoms with Crippen molar-refractivity contribution >= 4 is 23.2 Å². The molecule has 2 aromatic heterocycles. The number of carbonyl (C=O) groups excluding carboxylic acids is 2. The summed E-state index contributed by atoms with van der Waals surface area (Å²) in [4.78, 5) is 37.4. The molecule has 0 unspecified atom stereocenters. The van der Waals surface area contributed by atoms with Crippen molar-refractivity contribution < 1.29 is 19.4 Å². The van der Waals surface area contributed by atoms with E-state index >= 15 is 0 Å². The third kappa shape index (κ3) is 4.41. The van der Waals surface area contributed by atoms with Gasteiger partial charge in [0.2, 0.25) is 11.8 Å². The maximum atomic E-state index is 13.2. The van der Waals surface area contributed by atoms with Crippen molar-refractivity contribution in [1.82, 2.24) is 19.8 Å². The minimum atomic E-state index is -1.14. The monoisotopic (exact) mass is 472 g/mol. The van der Waals surface area contributed by atoms with Gasteiger partial charge in [-0.3, -0.25) is 9.59 Å². The van der Waals surface area contributed by atoms with E-state index in [0.717, 1.165) is 5.56 Å². The van der Waals surface area contributed by atoms with Gasteiger partial charge in [0.25, 0.3) is 0 Å². The fourth-order valence-electron chi connectivity index (χ4n) is 4.33. The molecule has 0 radical (unpaired) electrons. The van der Waals surface area contributed by atoms with Crippen LogP contribution in [0.1, 0.15) is 45.9 Å². The Hall–Kier alpha value is -2.36. The van der Waals surface area contributed by atoms with Crippen LogP contribution in [0.15, 0.2) is 35.4 Å². The Bertz CT molecular complexity index is 1000. The third-order valence-corrected chi connectivity index (χ3v) is 7.09. The molecule has 4 rings (SSSR count). The number of nitrogens with zero attached hydrogens (tertiary/aromatic N) is 4. The number of hydrogen-bond acceptors (Lipinski definition) is 7. The fourth-order valence-corrected chi connectivity index (χ4v) is 5.08. The van der Waals surface area contributed by atoms with Crippen LogP contribution in [-0.4, -0.2) is 69.5 Å². The van der Waals surface area contributed by atoms with Crippen molar-refractivity contribution in [2.75, 3.05) is 32.8 Å². The van der Waals surface area contributed by atoms with E-state index in [1.807, 2.05) is 56.3 Å². The molecule has 4 heterocycles. The van der Waals surface area contributed by atoms with E-state index in [4.69, 9.17) is 4.74 Å². The number of amides is 2. The van der Waals surface area contributed by atoms with Gasteiger partial charge in [-0.15, -0.1) is 0 Å². The zero-order valence-corrected chi connectivity index (χ0v) is 20.7. The van der Waals surface area contributed by atoms with Crippen LogP contribution in [0.3, 0.4) is 0 Å². The van der Waals surface area contributed by atoms with Crippen LogP contribution >= 0.6 is 11.3 Å². The van der Waals surface area contributed by atoms with Gasteiger partial charge in [0.05, 0.1) is 43.9 Å². The predicted molar refractivity (Wildman–Crippen MR) is 124 cm³/mol. The minimum Gasteiger partial charge on any atom is -0.380 e. The molecule has 178 valence electrons. The fraction of sp³-hybridized carbons (Fsp3) is 0.583. The first-order valence-electron chi connectivity index (χ1n) is 11.1. The molecule has 0 saturated carbocycles. The quantitative estimate of drug-likeness (QED) is 0.694. The second kappa shape index (κ2) is 8.14. The van der Waals surface area contributed by atoms with Gasteiger partial charge in [0.15, 0.2) is 0 Å². The van der Waals surface area contributed by atoms with Crippen molar-refractivity contribution in [1.29, 1.82) is 0 Å². The lowest BCUT2D eigenvalue weighted by Crippen LogP contribution is -2.66. The Balaban J connectivity index is 1.40. The topological polar surface area (TPSA) is 95.9 Å². The number of hydrogen-bond donors (Lipinski definition) is 1. The molecule has 0 aliphatic carbocycles. The van der Waals surface area contributed by atoms with E-state index in [1.54, 1.807) is 28.5 Å². The summed E-state index contributed by atoms with van der Waals surface area (Å²) < 4.78 is 6.43. The molecule has 2 aliphatic heterocycles. The summed E-state index contributed by atoms with van der Waals surface area (Å²) in [5.74, 6) is 0.0144. The Kier molecular flexibility index (Phi) is 5.87. The lowest BCUT2D eigenvalue weighted by Gasteiger charge is -2.52. The number of aliphatic hydroxyl groups is 1. The van der Waals surface area contributed by atoms with Crippen molar-refractivity contribution in [2.45, 2.75) is 45.8 Å². The van der Waals surface area contributed by atoms with E-state index in [0.29, 0.717) is 18.8 Å². The summed E-state index contributed by atoms with van der Waals surface area (Å²) in [6, 6.07) is 3.69. The second-order valence-electron chi connectivity index (χ2n) is 10.9. The second-order valence-corrected chi connectivity index (χ2v) is 11.7. The molecule has 1 N–H and O–H groups in total. The summed E-state index contributed by atoms with van der Waals surface area (Å²) in [6.45, 7) is 11.0. The van der Waals surface area contributed by atoms with Crippen LogP contribution in [0.5, 0.6) is 0 Å². The van der Waals surface area contributed by atoms with E-state index < -0.39 is 22.0 Å². The first kappa shape index (κ1) is 23.8. The number of β-amino-alcohol motifs (C(OH)–C–C–N with tert-alkyl or cyclic N) is 1. The first-order chi connectivity index (χ1) is 15.4. The standard InChI is InChI=1S/C24H32N4O4S/c1-21(2,3)19(29)28-13-24(14-28,17-7-9-33-10-17)32-15-22(4,5)20(30)27-11-23(31,12-27)18-6-8-25-16-26-18/h6-10,16,31H,11-15H2,1-5H3. The summed E-state index contributed by atoms with van der Waals surface area (Å²) in [7, 11) is 0. The molecule has 33 heavy (non-hydrogen) atoms. The summed E-state index contributed by atoms with van der Waals surface area (Å²) >= 11 is 1.59. The van der Waals surface area contributed by atoms with Gasteiger partial charge in [0.1, 0.15) is 17.5 Å². The van der Waals surface area contributed by atoms with Gasteiger partial charge >= 0.3 is 0 Å². The molecule has 8 nitrogen and oxygen atoms in total. The average Bonchev–Trinajstić information content (AvgIpc) is 3.25. The Morgan fingerprint density at radius 2 is 1.76 bits per heavy atom. The highest BCUT2D eigenvalue weighted by Crippen LogP contribution is 2.41. The molecule has 2 aromatic rings. The number of likely N-dealkylation sites (tertiary alicyclic amines) is 2. The molecular weight excluding hydrogens is 440 g/mol. The Morgan fingerprint density at radius 3 is 2.30 bits per heavy atom. The zero-order valence-electron chi connectivity index (χ0n) is 19.9. The number of thiophene rings is 1. The third-order valence-electron chi connectivity index (χ3n) is 6.41. The highest BCUT2D eigenvalue weighted by Gasteiger charge is 2.52. The van der Waals surface area contributed by atoms with E-state index in [9.17, 15) is 14.7 Å². The van der Waals surface area contributed by atoms with Gasteiger partial charge in [0, 0.05) is 11.6 Å². The molecular formula is C24H32N4O4S. The smallest absolute Gasteiger partial charge is 0.230 e. The lowest BCUT2D eigenvalue weighted by molar-refractivity contribution is -0.195. The van der Waals surface area contributed by atoms with E-state index in [-0.39, 0.29) is 31.5 Å². The minimum absolute atomic E-state index is 0.0800. The lowest BCUT2D eigenvalue weighted by atomic mass is 9.82. The van der Waals surface area contributed by atoms with Gasteiger partial charge in [-0.05, 0) is 42.3 Å². The SMILES string of the molecule is CC(C)(C)C(=O)N1CC(OCC(C)(C)C(=O)N2CC(O)(c3ccncn3)C2)(c2ccsc2)C1. The summed E-state index contributed by atoms with van der Waals surface area (Å²) in [5, 5.41) is 14.8. The summed E-state index contributed by atoms with van der Waals surface area (Å²) in [5.41, 5.74) is -1.43. The van der Waals surface area contributed by atoms with Crippen LogP contribution in [0.4, 0.5) is 0 Å². The van der Waals surface area contributed by atoms with Crippen LogP contribution in [0, 0.1) is 10.8 Å². The van der Waals surface area contributed by atoms with Gasteiger partial charge < -0.3 is 19.6 Å². The molecule has 2 fully saturated rings. The Morgan fingerprint density at radius 1 is 1.09 bits per heavy atom. The van der Waals surface area contributed by atoms with Gasteiger partial charge in [-0.1, -0.05) is 20.8 Å². The zero-order chi connectivity index (χ0) is 24.1. The van der Waals surface area contributed by atoms with Crippen molar-refractivity contribution in [3.63, 3.8) is 0 Å². The van der Waals surface area contributed by atoms with Crippen molar-refractivity contribution in [2.24, 2.45) is 10.8 Å². The van der Waals surface area contributed by atoms with Crippen molar-refractivity contribution in [3.8, 4) is 0 Å². The van der Waals surface area contributed by atoms with Gasteiger partial charge in [-0.25, -0.2) is 9.97 Å². The molecule has 0 bridgehead atoms. The van der Waals surface area contributed by atoms with Crippen LogP contribution in [0.25, 0.3) is 0 Å². The molecule has 0 spiro atoms. The predicted octanol–water partition coefficient (Wildman–Crippen LogP) is 2.39.